The van der Waals surface area contributed by atoms with Crippen molar-refractivity contribution in [1.82, 2.24) is 10.6 Å². The van der Waals surface area contributed by atoms with Crippen LogP contribution in [0.5, 0.6) is 0 Å². The van der Waals surface area contributed by atoms with Crippen molar-refractivity contribution in [2.24, 2.45) is 11.8 Å². The molecule has 2 aromatic carbocycles. The molecular formula is C26H32N2O4. The highest BCUT2D eigenvalue weighted by Gasteiger charge is 2.28. The molecule has 1 aliphatic rings. The van der Waals surface area contributed by atoms with Crippen LogP contribution < -0.4 is 10.6 Å². The number of carbonyl (C=O) groups excluding carboxylic acids is 3. The molecule has 3 rings (SSSR count). The zero-order valence-corrected chi connectivity index (χ0v) is 18.8. The van der Waals surface area contributed by atoms with Gasteiger partial charge in [0.15, 0.2) is 6.61 Å². The van der Waals surface area contributed by atoms with E-state index >= 15 is 0 Å². The Hall–Kier alpha value is -3.15. The molecule has 6 heteroatoms. The lowest BCUT2D eigenvalue weighted by Gasteiger charge is -2.34. The van der Waals surface area contributed by atoms with Crippen molar-refractivity contribution in [2.75, 3.05) is 6.61 Å². The van der Waals surface area contributed by atoms with Gasteiger partial charge in [0.1, 0.15) is 0 Å². The summed E-state index contributed by atoms with van der Waals surface area (Å²) >= 11 is 0. The van der Waals surface area contributed by atoms with Crippen molar-refractivity contribution in [2.45, 2.75) is 51.6 Å². The van der Waals surface area contributed by atoms with E-state index in [1.807, 2.05) is 36.4 Å². The SMILES string of the molecule is CC1CCCC(NC(=O)COC(=O)CC(NC(=O)c2ccccc2)c2ccccc2)C1C. The molecular weight excluding hydrogens is 404 g/mol. The molecule has 32 heavy (non-hydrogen) atoms. The van der Waals surface area contributed by atoms with Crippen molar-refractivity contribution in [3.63, 3.8) is 0 Å². The van der Waals surface area contributed by atoms with Gasteiger partial charge in [-0.15, -0.1) is 0 Å². The van der Waals surface area contributed by atoms with Crippen molar-refractivity contribution in [3.05, 3.63) is 71.8 Å². The second-order valence-corrected chi connectivity index (χ2v) is 8.61. The summed E-state index contributed by atoms with van der Waals surface area (Å²) in [5.74, 6) is -0.123. The molecule has 1 saturated carbocycles. The third-order valence-electron chi connectivity index (χ3n) is 6.33. The Bertz CT molecular complexity index is 901. The van der Waals surface area contributed by atoms with E-state index in [1.165, 1.54) is 6.42 Å². The predicted molar refractivity (Wildman–Crippen MR) is 123 cm³/mol. The Morgan fingerprint density at radius 3 is 2.31 bits per heavy atom. The first-order valence-corrected chi connectivity index (χ1v) is 11.3. The number of nitrogens with one attached hydrogen (secondary N) is 2. The van der Waals surface area contributed by atoms with E-state index in [-0.39, 0.29) is 30.9 Å². The first kappa shape index (κ1) is 23.5. The third-order valence-corrected chi connectivity index (χ3v) is 6.33. The van der Waals surface area contributed by atoms with Gasteiger partial charge in [0, 0.05) is 11.6 Å². The lowest BCUT2D eigenvalue weighted by atomic mass is 9.78. The van der Waals surface area contributed by atoms with Gasteiger partial charge in [0.25, 0.3) is 11.8 Å². The monoisotopic (exact) mass is 436 g/mol. The first-order chi connectivity index (χ1) is 15.4. The average Bonchev–Trinajstić information content (AvgIpc) is 2.81. The second kappa shape index (κ2) is 11.5. The molecule has 2 aromatic rings. The van der Waals surface area contributed by atoms with E-state index in [0.717, 1.165) is 18.4 Å². The molecule has 0 bridgehead atoms. The van der Waals surface area contributed by atoms with Gasteiger partial charge in [-0.25, -0.2) is 0 Å². The maximum absolute atomic E-state index is 12.6. The summed E-state index contributed by atoms with van der Waals surface area (Å²) in [5.41, 5.74) is 1.31. The largest absolute Gasteiger partial charge is 0.456 e. The van der Waals surface area contributed by atoms with Gasteiger partial charge < -0.3 is 15.4 Å². The minimum atomic E-state index is -0.557. The molecule has 0 heterocycles. The van der Waals surface area contributed by atoms with Crippen LogP contribution in [0, 0.1) is 11.8 Å². The minimum Gasteiger partial charge on any atom is -0.456 e. The molecule has 2 N–H and O–H groups in total. The molecule has 2 amide bonds. The summed E-state index contributed by atoms with van der Waals surface area (Å²) in [6.07, 6.45) is 3.16. The quantitative estimate of drug-likeness (QED) is 0.612. The highest BCUT2D eigenvalue weighted by atomic mass is 16.5. The molecule has 170 valence electrons. The maximum Gasteiger partial charge on any atom is 0.308 e. The summed E-state index contributed by atoms with van der Waals surface area (Å²) in [6, 6.07) is 17.7. The number of esters is 1. The molecule has 1 fully saturated rings. The Kier molecular flexibility index (Phi) is 8.42. The number of carbonyl (C=O) groups is 3. The van der Waals surface area contributed by atoms with Crippen LogP contribution in [0.4, 0.5) is 0 Å². The highest BCUT2D eigenvalue weighted by Crippen LogP contribution is 2.29. The molecule has 0 spiro atoms. The summed E-state index contributed by atoms with van der Waals surface area (Å²) < 4.78 is 5.24. The fourth-order valence-corrected chi connectivity index (χ4v) is 4.17. The van der Waals surface area contributed by atoms with Crippen molar-refractivity contribution in [3.8, 4) is 0 Å². The van der Waals surface area contributed by atoms with Gasteiger partial charge >= 0.3 is 5.97 Å². The average molecular weight is 437 g/mol. The van der Waals surface area contributed by atoms with E-state index in [9.17, 15) is 14.4 Å². The molecule has 0 radical (unpaired) electrons. The lowest BCUT2D eigenvalue weighted by molar-refractivity contribution is -0.149. The van der Waals surface area contributed by atoms with E-state index in [2.05, 4.69) is 24.5 Å². The van der Waals surface area contributed by atoms with E-state index < -0.39 is 12.0 Å². The molecule has 0 aliphatic heterocycles. The van der Waals surface area contributed by atoms with E-state index in [0.29, 0.717) is 17.4 Å². The fraction of sp³-hybridized carbons (Fsp3) is 0.423. The number of hydrogen-bond acceptors (Lipinski definition) is 4. The van der Waals surface area contributed by atoms with Crippen LogP contribution in [0.3, 0.4) is 0 Å². The van der Waals surface area contributed by atoms with E-state index in [1.54, 1.807) is 24.3 Å². The molecule has 4 atom stereocenters. The van der Waals surface area contributed by atoms with Crippen LogP contribution in [-0.4, -0.2) is 30.4 Å². The standard InChI is InChI=1S/C26H32N2O4/c1-18-10-9-15-22(19(18)2)27-24(29)17-32-25(30)16-23(20-11-5-3-6-12-20)28-26(31)21-13-7-4-8-14-21/h3-8,11-14,18-19,22-23H,9-10,15-17H2,1-2H3,(H,27,29)(H,28,31). The van der Waals surface area contributed by atoms with Gasteiger partial charge in [0.2, 0.25) is 0 Å². The van der Waals surface area contributed by atoms with Gasteiger partial charge in [0.05, 0.1) is 12.5 Å². The van der Waals surface area contributed by atoms with Crippen LogP contribution in [0.25, 0.3) is 0 Å². The summed E-state index contributed by atoms with van der Waals surface area (Å²) in [6.45, 7) is 4.04. The maximum atomic E-state index is 12.6. The van der Waals surface area contributed by atoms with Gasteiger partial charge in [-0.05, 0) is 36.0 Å². The molecule has 6 nitrogen and oxygen atoms in total. The summed E-state index contributed by atoms with van der Waals surface area (Å²) in [7, 11) is 0. The smallest absolute Gasteiger partial charge is 0.308 e. The van der Waals surface area contributed by atoms with Gasteiger partial charge in [-0.1, -0.05) is 75.2 Å². The topological polar surface area (TPSA) is 84.5 Å². The lowest BCUT2D eigenvalue weighted by Crippen LogP contribution is -2.45. The van der Waals surface area contributed by atoms with Crippen LogP contribution in [0.1, 0.15) is 61.5 Å². The van der Waals surface area contributed by atoms with Crippen LogP contribution in [0.15, 0.2) is 60.7 Å². The first-order valence-electron chi connectivity index (χ1n) is 11.3. The minimum absolute atomic E-state index is 0.0628. The predicted octanol–water partition coefficient (Wildman–Crippen LogP) is 4.03. The normalized spacial score (nSPS) is 21.2. The summed E-state index contributed by atoms with van der Waals surface area (Å²) in [4.78, 5) is 37.5. The second-order valence-electron chi connectivity index (χ2n) is 8.61. The summed E-state index contributed by atoms with van der Waals surface area (Å²) in [5, 5.41) is 5.91. The van der Waals surface area contributed by atoms with Crippen molar-refractivity contribution in [1.29, 1.82) is 0 Å². The number of benzene rings is 2. The van der Waals surface area contributed by atoms with Crippen molar-refractivity contribution < 1.29 is 19.1 Å². The Morgan fingerprint density at radius 1 is 0.969 bits per heavy atom. The Morgan fingerprint density at radius 2 is 1.62 bits per heavy atom. The highest BCUT2D eigenvalue weighted by molar-refractivity contribution is 5.94. The molecule has 1 aliphatic carbocycles. The number of ether oxygens (including phenoxy) is 1. The van der Waals surface area contributed by atoms with Gasteiger partial charge in [-0.2, -0.15) is 0 Å². The number of hydrogen-bond donors (Lipinski definition) is 2. The zero-order valence-electron chi connectivity index (χ0n) is 18.8. The number of amides is 2. The Labute approximate surface area is 189 Å². The van der Waals surface area contributed by atoms with Crippen LogP contribution in [-0.2, 0) is 14.3 Å². The van der Waals surface area contributed by atoms with E-state index in [4.69, 9.17) is 4.74 Å². The molecule has 4 unspecified atom stereocenters. The fourth-order valence-electron chi connectivity index (χ4n) is 4.17. The number of rotatable bonds is 8. The van der Waals surface area contributed by atoms with Crippen LogP contribution in [0.2, 0.25) is 0 Å². The molecule has 0 saturated heterocycles. The van der Waals surface area contributed by atoms with Crippen LogP contribution >= 0.6 is 0 Å². The van der Waals surface area contributed by atoms with Gasteiger partial charge in [-0.3, -0.25) is 14.4 Å². The Balaban J connectivity index is 1.55. The molecule has 0 aromatic heterocycles. The zero-order chi connectivity index (χ0) is 22.9. The third kappa shape index (κ3) is 6.67. The van der Waals surface area contributed by atoms with Crippen molar-refractivity contribution >= 4 is 17.8 Å².